The number of nitrogens with zero attached hydrogens (tertiary/aromatic N) is 4. The lowest BCUT2D eigenvalue weighted by atomic mass is 10.0. The number of fused-ring (bicyclic) bond motifs is 1. The molecule has 0 spiro atoms. The molecule has 29 heavy (non-hydrogen) atoms. The number of carbonyl (C=O) groups excluding carboxylic acids is 2. The first-order valence-electron chi connectivity index (χ1n) is 9.76. The fourth-order valence-corrected chi connectivity index (χ4v) is 3.77. The van der Waals surface area contributed by atoms with E-state index in [0.29, 0.717) is 31.8 Å². The molecule has 152 valence electrons. The van der Waals surface area contributed by atoms with Crippen molar-refractivity contribution in [2.45, 2.75) is 32.2 Å². The molecule has 2 aromatic rings. The summed E-state index contributed by atoms with van der Waals surface area (Å²) in [7, 11) is 0. The van der Waals surface area contributed by atoms with Crippen molar-refractivity contribution < 1.29 is 18.7 Å². The van der Waals surface area contributed by atoms with E-state index in [1.54, 1.807) is 18.0 Å². The van der Waals surface area contributed by atoms with Crippen LogP contribution in [0.1, 0.15) is 36.3 Å². The van der Waals surface area contributed by atoms with Crippen LogP contribution in [0.25, 0.3) is 0 Å². The predicted molar refractivity (Wildman–Crippen MR) is 103 cm³/mol. The SMILES string of the molecule is CC(=O)N1CC[C@H](c2ncc3c(n2)CCN(C(=O)COc2ccc(F)cc2)C3)C1. The monoisotopic (exact) mass is 398 g/mol. The third kappa shape index (κ3) is 4.36. The molecule has 2 amide bonds. The number of halogens is 1. The van der Waals surface area contributed by atoms with E-state index in [1.807, 2.05) is 4.90 Å². The van der Waals surface area contributed by atoms with Crippen molar-refractivity contribution >= 4 is 11.8 Å². The van der Waals surface area contributed by atoms with E-state index < -0.39 is 0 Å². The van der Waals surface area contributed by atoms with E-state index in [-0.39, 0.29) is 30.2 Å². The Balaban J connectivity index is 1.35. The lowest BCUT2D eigenvalue weighted by molar-refractivity contribution is -0.134. The van der Waals surface area contributed by atoms with Crippen LogP contribution in [0.3, 0.4) is 0 Å². The van der Waals surface area contributed by atoms with Crippen LogP contribution in [0.15, 0.2) is 30.5 Å². The van der Waals surface area contributed by atoms with Gasteiger partial charge in [0, 0.05) is 57.2 Å². The normalized spacial score (nSPS) is 18.5. The fraction of sp³-hybridized carbons (Fsp3) is 0.429. The van der Waals surface area contributed by atoms with Gasteiger partial charge in [0.15, 0.2) is 6.61 Å². The minimum absolute atomic E-state index is 0.0856. The number of aromatic nitrogens is 2. The summed E-state index contributed by atoms with van der Waals surface area (Å²) in [6.07, 6.45) is 3.34. The van der Waals surface area contributed by atoms with Gasteiger partial charge in [-0.1, -0.05) is 0 Å². The fourth-order valence-electron chi connectivity index (χ4n) is 3.77. The number of ether oxygens (including phenoxy) is 1. The van der Waals surface area contributed by atoms with Crippen LogP contribution >= 0.6 is 0 Å². The topological polar surface area (TPSA) is 75.6 Å². The van der Waals surface area contributed by atoms with Gasteiger partial charge in [0.1, 0.15) is 17.4 Å². The third-order valence-electron chi connectivity index (χ3n) is 5.48. The van der Waals surface area contributed by atoms with Crippen molar-refractivity contribution in [1.82, 2.24) is 19.8 Å². The maximum atomic E-state index is 12.9. The highest BCUT2D eigenvalue weighted by atomic mass is 19.1. The Morgan fingerprint density at radius 3 is 2.72 bits per heavy atom. The highest BCUT2D eigenvalue weighted by molar-refractivity contribution is 5.78. The second-order valence-corrected chi connectivity index (χ2v) is 7.46. The van der Waals surface area contributed by atoms with Gasteiger partial charge in [-0.2, -0.15) is 0 Å². The zero-order valence-electron chi connectivity index (χ0n) is 16.3. The lowest BCUT2D eigenvalue weighted by Crippen LogP contribution is -2.39. The van der Waals surface area contributed by atoms with Gasteiger partial charge in [-0.15, -0.1) is 0 Å². The van der Waals surface area contributed by atoms with Gasteiger partial charge in [-0.3, -0.25) is 9.59 Å². The summed E-state index contributed by atoms with van der Waals surface area (Å²) in [5.74, 6) is 1.03. The smallest absolute Gasteiger partial charge is 0.260 e. The van der Waals surface area contributed by atoms with Gasteiger partial charge in [0.05, 0.1) is 5.69 Å². The van der Waals surface area contributed by atoms with Crippen molar-refractivity contribution in [3.8, 4) is 5.75 Å². The molecule has 2 aliphatic rings. The van der Waals surface area contributed by atoms with Crippen LogP contribution in [0.5, 0.6) is 5.75 Å². The standard InChI is InChI=1S/C21H23FN4O3/c1-14(27)25-8-6-15(11-25)21-23-10-16-12-26(9-7-19(16)24-21)20(28)13-29-18-4-2-17(22)3-5-18/h2-5,10,15H,6-9,11-13H2,1H3/t15-/m0/s1. The first-order chi connectivity index (χ1) is 14.0. The average molecular weight is 398 g/mol. The minimum atomic E-state index is -0.345. The van der Waals surface area contributed by atoms with Crippen molar-refractivity contribution in [3.05, 3.63) is 53.4 Å². The lowest BCUT2D eigenvalue weighted by Gasteiger charge is -2.28. The Hall–Kier alpha value is -3.03. The Bertz CT molecular complexity index is 919. The van der Waals surface area contributed by atoms with Crippen LogP contribution in [-0.2, 0) is 22.6 Å². The van der Waals surface area contributed by atoms with Crippen molar-refractivity contribution in [2.75, 3.05) is 26.2 Å². The summed E-state index contributed by atoms with van der Waals surface area (Å²) in [5.41, 5.74) is 1.91. The molecule has 1 saturated heterocycles. The van der Waals surface area contributed by atoms with E-state index in [1.165, 1.54) is 24.3 Å². The van der Waals surface area contributed by atoms with Gasteiger partial charge in [0.2, 0.25) is 5.91 Å². The predicted octanol–water partition coefficient (Wildman–Crippen LogP) is 1.92. The van der Waals surface area contributed by atoms with Crippen LogP contribution in [0, 0.1) is 5.82 Å². The molecule has 1 fully saturated rings. The Kier molecular flexibility index (Phi) is 5.42. The molecule has 0 radical (unpaired) electrons. The van der Waals surface area contributed by atoms with Crippen LogP contribution in [0.2, 0.25) is 0 Å². The summed E-state index contributed by atoms with van der Waals surface area (Å²) in [6.45, 7) is 3.92. The number of rotatable bonds is 4. The van der Waals surface area contributed by atoms with Crippen LogP contribution in [0.4, 0.5) is 4.39 Å². The van der Waals surface area contributed by atoms with E-state index in [2.05, 4.69) is 4.98 Å². The maximum absolute atomic E-state index is 12.9. The van der Waals surface area contributed by atoms with Crippen LogP contribution in [-0.4, -0.2) is 57.8 Å². The number of benzene rings is 1. The van der Waals surface area contributed by atoms with Gasteiger partial charge < -0.3 is 14.5 Å². The summed E-state index contributed by atoms with van der Waals surface area (Å²) in [6, 6.07) is 5.59. The molecule has 2 aliphatic heterocycles. The molecule has 3 heterocycles. The van der Waals surface area contributed by atoms with Crippen molar-refractivity contribution in [3.63, 3.8) is 0 Å². The molecule has 0 unspecified atom stereocenters. The molecule has 7 nitrogen and oxygen atoms in total. The van der Waals surface area contributed by atoms with Crippen LogP contribution < -0.4 is 4.74 Å². The van der Waals surface area contributed by atoms with E-state index in [0.717, 1.165) is 30.0 Å². The number of hydrogen-bond donors (Lipinski definition) is 0. The van der Waals surface area contributed by atoms with Gasteiger partial charge in [-0.25, -0.2) is 14.4 Å². The Labute approximate surface area is 168 Å². The highest BCUT2D eigenvalue weighted by Crippen LogP contribution is 2.26. The molecule has 1 aromatic heterocycles. The van der Waals surface area contributed by atoms with Crippen molar-refractivity contribution in [2.24, 2.45) is 0 Å². The second kappa shape index (κ2) is 8.14. The van der Waals surface area contributed by atoms with Gasteiger partial charge in [0.25, 0.3) is 5.91 Å². The summed E-state index contributed by atoms with van der Waals surface area (Å²) in [4.78, 5) is 36.8. The Morgan fingerprint density at radius 1 is 1.21 bits per heavy atom. The van der Waals surface area contributed by atoms with Crippen molar-refractivity contribution in [1.29, 1.82) is 0 Å². The molecule has 0 aliphatic carbocycles. The zero-order chi connectivity index (χ0) is 20.4. The molecular weight excluding hydrogens is 375 g/mol. The number of carbonyl (C=O) groups is 2. The summed E-state index contributed by atoms with van der Waals surface area (Å²) >= 11 is 0. The molecule has 1 atom stereocenters. The second-order valence-electron chi connectivity index (χ2n) is 7.46. The minimum Gasteiger partial charge on any atom is -0.484 e. The number of likely N-dealkylation sites (tertiary alicyclic amines) is 1. The first kappa shape index (κ1) is 19.3. The number of hydrogen-bond acceptors (Lipinski definition) is 5. The third-order valence-corrected chi connectivity index (χ3v) is 5.48. The largest absolute Gasteiger partial charge is 0.484 e. The van der Waals surface area contributed by atoms with E-state index in [9.17, 15) is 14.0 Å². The maximum Gasteiger partial charge on any atom is 0.260 e. The summed E-state index contributed by atoms with van der Waals surface area (Å²) in [5, 5.41) is 0. The molecule has 1 aromatic carbocycles. The summed E-state index contributed by atoms with van der Waals surface area (Å²) < 4.78 is 18.4. The van der Waals surface area contributed by atoms with Gasteiger partial charge >= 0.3 is 0 Å². The quantitative estimate of drug-likeness (QED) is 0.787. The van der Waals surface area contributed by atoms with E-state index in [4.69, 9.17) is 9.72 Å². The Morgan fingerprint density at radius 2 is 2.00 bits per heavy atom. The zero-order valence-corrected chi connectivity index (χ0v) is 16.3. The highest BCUT2D eigenvalue weighted by Gasteiger charge is 2.29. The molecule has 8 heteroatoms. The molecule has 0 bridgehead atoms. The molecule has 0 saturated carbocycles. The number of amides is 2. The average Bonchev–Trinajstić information content (AvgIpc) is 3.23. The first-order valence-corrected chi connectivity index (χ1v) is 9.76. The molecule has 0 N–H and O–H groups in total. The molecule has 4 rings (SSSR count). The van der Waals surface area contributed by atoms with E-state index >= 15 is 0 Å². The van der Waals surface area contributed by atoms with Gasteiger partial charge in [-0.05, 0) is 30.7 Å². The molecular formula is C21H23FN4O3.